The summed E-state index contributed by atoms with van der Waals surface area (Å²) in [6, 6.07) is 15.6. The molecule has 1 amide bonds. The van der Waals surface area contributed by atoms with Crippen molar-refractivity contribution in [2.45, 2.75) is 20.3 Å². The Kier molecular flexibility index (Phi) is 6.38. The highest BCUT2D eigenvalue weighted by molar-refractivity contribution is 7.10. The molecule has 3 rings (SSSR count). The van der Waals surface area contributed by atoms with Crippen LogP contribution in [0.4, 0.5) is 23.0 Å². The molecule has 2 aromatic heterocycles. The number of anilines is 4. The van der Waals surface area contributed by atoms with Crippen molar-refractivity contribution in [3.8, 4) is 0 Å². The van der Waals surface area contributed by atoms with E-state index in [0.29, 0.717) is 18.1 Å². The van der Waals surface area contributed by atoms with Gasteiger partial charge in [0.15, 0.2) is 11.6 Å². The van der Waals surface area contributed by atoms with Crippen LogP contribution in [0.25, 0.3) is 0 Å². The van der Waals surface area contributed by atoms with Gasteiger partial charge in [0.2, 0.25) is 5.91 Å². The summed E-state index contributed by atoms with van der Waals surface area (Å²) in [5, 5.41) is 16.1. The fourth-order valence-electron chi connectivity index (χ4n) is 2.72. The van der Waals surface area contributed by atoms with Crippen molar-refractivity contribution in [3.05, 3.63) is 58.8 Å². The maximum Gasteiger partial charge on any atom is 0.230 e. The minimum atomic E-state index is -0.0977. The molecule has 2 heterocycles. The molecule has 0 aliphatic heterocycles. The Hall–Kier alpha value is -2.93. The van der Waals surface area contributed by atoms with Crippen LogP contribution in [0.5, 0.6) is 0 Å². The lowest BCUT2D eigenvalue weighted by Crippen LogP contribution is -2.21. The zero-order chi connectivity index (χ0) is 19.1. The summed E-state index contributed by atoms with van der Waals surface area (Å²) >= 11 is 1.56. The second kappa shape index (κ2) is 9.14. The number of amides is 1. The van der Waals surface area contributed by atoms with Gasteiger partial charge in [0.1, 0.15) is 0 Å². The lowest BCUT2D eigenvalue weighted by molar-refractivity contribution is -0.115. The van der Waals surface area contributed by atoms with Gasteiger partial charge in [-0.1, -0.05) is 6.07 Å². The highest BCUT2D eigenvalue weighted by Gasteiger charge is 2.07. The number of nitrogens with one attached hydrogen (secondary N) is 2. The van der Waals surface area contributed by atoms with E-state index in [1.807, 2.05) is 29.6 Å². The lowest BCUT2D eigenvalue weighted by Gasteiger charge is -2.21. The van der Waals surface area contributed by atoms with Gasteiger partial charge in [-0.15, -0.1) is 21.5 Å². The number of hydrogen-bond acceptors (Lipinski definition) is 6. The van der Waals surface area contributed by atoms with Gasteiger partial charge in [-0.2, -0.15) is 0 Å². The van der Waals surface area contributed by atoms with Crippen molar-refractivity contribution in [1.82, 2.24) is 10.2 Å². The van der Waals surface area contributed by atoms with E-state index in [-0.39, 0.29) is 5.91 Å². The van der Waals surface area contributed by atoms with Gasteiger partial charge in [0.25, 0.3) is 0 Å². The van der Waals surface area contributed by atoms with Gasteiger partial charge >= 0.3 is 0 Å². The van der Waals surface area contributed by atoms with Crippen molar-refractivity contribution in [1.29, 1.82) is 0 Å². The molecule has 0 bridgehead atoms. The fourth-order valence-corrected chi connectivity index (χ4v) is 3.42. The predicted molar refractivity (Wildman–Crippen MR) is 112 cm³/mol. The summed E-state index contributed by atoms with van der Waals surface area (Å²) in [7, 11) is 0. The van der Waals surface area contributed by atoms with Gasteiger partial charge < -0.3 is 15.5 Å². The fraction of sp³-hybridized carbons (Fsp3) is 0.250. The van der Waals surface area contributed by atoms with E-state index in [1.165, 1.54) is 5.69 Å². The Bertz CT molecular complexity index is 843. The molecule has 1 aromatic carbocycles. The first kappa shape index (κ1) is 18.8. The normalized spacial score (nSPS) is 10.4. The van der Waals surface area contributed by atoms with E-state index in [4.69, 9.17) is 0 Å². The number of carbonyl (C=O) groups excluding carboxylic acids is 1. The van der Waals surface area contributed by atoms with Gasteiger partial charge in [-0.25, -0.2) is 0 Å². The van der Waals surface area contributed by atoms with E-state index in [1.54, 1.807) is 23.5 Å². The van der Waals surface area contributed by atoms with Gasteiger partial charge in [-0.3, -0.25) is 4.79 Å². The van der Waals surface area contributed by atoms with Crippen molar-refractivity contribution in [2.75, 3.05) is 28.6 Å². The van der Waals surface area contributed by atoms with Crippen molar-refractivity contribution >= 4 is 40.3 Å². The highest BCUT2D eigenvalue weighted by atomic mass is 32.1. The Morgan fingerprint density at radius 2 is 1.70 bits per heavy atom. The molecule has 7 heteroatoms. The number of aromatic nitrogens is 2. The van der Waals surface area contributed by atoms with Crippen LogP contribution in [0.3, 0.4) is 0 Å². The standard InChI is InChI=1S/C20H23N5OS/c1-3-25(4-2)16-9-7-15(8-10-16)21-18-11-12-19(24-23-18)22-20(26)14-17-6-5-13-27-17/h5-13H,3-4,14H2,1-2H3,(H,21,23)(H,22,24,26). The average molecular weight is 382 g/mol. The van der Waals surface area contributed by atoms with E-state index < -0.39 is 0 Å². The van der Waals surface area contributed by atoms with Gasteiger partial charge in [0.05, 0.1) is 6.42 Å². The number of thiophene rings is 1. The Morgan fingerprint density at radius 1 is 1.00 bits per heavy atom. The van der Waals surface area contributed by atoms with Crippen LogP contribution in [-0.2, 0) is 11.2 Å². The van der Waals surface area contributed by atoms with Crippen LogP contribution >= 0.6 is 11.3 Å². The molecule has 3 aromatic rings. The van der Waals surface area contributed by atoms with Crippen molar-refractivity contribution in [3.63, 3.8) is 0 Å². The largest absolute Gasteiger partial charge is 0.372 e. The third kappa shape index (κ3) is 5.27. The van der Waals surface area contributed by atoms with Crippen LogP contribution in [0, 0.1) is 0 Å². The first-order valence-electron chi connectivity index (χ1n) is 8.96. The summed E-state index contributed by atoms with van der Waals surface area (Å²) in [6.45, 7) is 6.25. The first-order chi connectivity index (χ1) is 13.2. The molecule has 27 heavy (non-hydrogen) atoms. The molecular weight excluding hydrogens is 358 g/mol. The second-order valence-electron chi connectivity index (χ2n) is 5.95. The Balaban J connectivity index is 1.56. The number of benzene rings is 1. The van der Waals surface area contributed by atoms with Gasteiger partial charge in [-0.05, 0) is 61.7 Å². The zero-order valence-corrected chi connectivity index (χ0v) is 16.3. The summed E-state index contributed by atoms with van der Waals surface area (Å²) in [5.41, 5.74) is 2.13. The third-order valence-corrected chi connectivity index (χ3v) is 4.99. The minimum Gasteiger partial charge on any atom is -0.372 e. The molecular formula is C20H23N5OS. The smallest absolute Gasteiger partial charge is 0.230 e. The maximum absolute atomic E-state index is 12.0. The summed E-state index contributed by atoms with van der Waals surface area (Å²) in [6.07, 6.45) is 0.345. The maximum atomic E-state index is 12.0. The number of carbonyl (C=O) groups is 1. The second-order valence-corrected chi connectivity index (χ2v) is 6.98. The van der Waals surface area contributed by atoms with Crippen LogP contribution in [0.1, 0.15) is 18.7 Å². The van der Waals surface area contributed by atoms with Crippen LogP contribution in [-0.4, -0.2) is 29.2 Å². The molecule has 0 radical (unpaired) electrons. The molecule has 0 spiro atoms. The molecule has 2 N–H and O–H groups in total. The molecule has 0 aliphatic carbocycles. The van der Waals surface area contributed by atoms with E-state index in [9.17, 15) is 4.79 Å². The quantitative estimate of drug-likeness (QED) is 0.608. The zero-order valence-electron chi connectivity index (χ0n) is 15.5. The third-order valence-electron chi connectivity index (χ3n) is 4.12. The monoisotopic (exact) mass is 381 g/mol. The summed E-state index contributed by atoms with van der Waals surface area (Å²) < 4.78 is 0. The van der Waals surface area contributed by atoms with Crippen LogP contribution < -0.4 is 15.5 Å². The molecule has 0 aliphatic rings. The Labute approximate surface area is 163 Å². The van der Waals surface area contributed by atoms with Crippen molar-refractivity contribution < 1.29 is 4.79 Å². The molecule has 6 nitrogen and oxygen atoms in total. The average Bonchev–Trinajstić information content (AvgIpc) is 3.18. The molecule has 0 saturated heterocycles. The number of rotatable bonds is 8. The van der Waals surface area contributed by atoms with E-state index >= 15 is 0 Å². The van der Waals surface area contributed by atoms with Gasteiger partial charge in [0, 0.05) is 29.3 Å². The molecule has 0 fully saturated rings. The summed E-state index contributed by atoms with van der Waals surface area (Å²) in [4.78, 5) is 15.3. The Morgan fingerprint density at radius 3 is 2.30 bits per heavy atom. The van der Waals surface area contributed by atoms with Crippen molar-refractivity contribution in [2.24, 2.45) is 0 Å². The molecule has 0 atom stereocenters. The highest BCUT2D eigenvalue weighted by Crippen LogP contribution is 2.20. The number of nitrogens with zero attached hydrogens (tertiary/aromatic N) is 3. The van der Waals surface area contributed by atoms with Crippen LogP contribution in [0.15, 0.2) is 53.9 Å². The van der Waals surface area contributed by atoms with E-state index in [2.05, 4.69) is 51.7 Å². The molecule has 140 valence electrons. The molecule has 0 unspecified atom stereocenters. The SMILES string of the molecule is CCN(CC)c1ccc(Nc2ccc(NC(=O)Cc3cccs3)nn2)cc1. The molecule has 0 saturated carbocycles. The van der Waals surface area contributed by atoms with E-state index in [0.717, 1.165) is 23.7 Å². The van der Waals surface area contributed by atoms with Crippen LogP contribution in [0.2, 0.25) is 0 Å². The summed E-state index contributed by atoms with van der Waals surface area (Å²) in [5.74, 6) is 0.972. The predicted octanol–water partition coefficient (Wildman–Crippen LogP) is 4.31. The first-order valence-corrected chi connectivity index (χ1v) is 9.84. The lowest BCUT2D eigenvalue weighted by atomic mass is 10.2. The number of hydrogen-bond donors (Lipinski definition) is 2. The topological polar surface area (TPSA) is 70.2 Å². The minimum absolute atomic E-state index is 0.0977.